The summed E-state index contributed by atoms with van der Waals surface area (Å²) in [6, 6.07) is 21.7. The molecule has 1 aliphatic heterocycles. The first-order chi connectivity index (χ1) is 18.9. The summed E-state index contributed by atoms with van der Waals surface area (Å²) < 4.78 is 19.0. The zero-order valence-electron chi connectivity index (χ0n) is 21.5. The number of carbonyl (C=O) groups is 1. The van der Waals surface area contributed by atoms with Gasteiger partial charge in [0.25, 0.3) is 5.56 Å². The molecule has 5 rings (SSSR count). The highest BCUT2D eigenvalue weighted by molar-refractivity contribution is 9.10. The van der Waals surface area contributed by atoms with E-state index >= 15 is 0 Å². The molecule has 1 aliphatic rings. The predicted molar refractivity (Wildman–Crippen MR) is 155 cm³/mol. The van der Waals surface area contributed by atoms with Crippen molar-refractivity contribution in [3.63, 3.8) is 0 Å². The number of rotatable bonds is 7. The molecule has 1 aromatic heterocycles. The van der Waals surface area contributed by atoms with Gasteiger partial charge in [-0.2, -0.15) is 0 Å². The van der Waals surface area contributed by atoms with Crippen LogP contribution in [0.4, 0.5) is 0 Å². The number of thiazole rings is 1. The second-order valence-corrected chi connectivity index (χ2v) is 10.5. The quantitative estimate of drug-likeness (QED) is 0.285. The van der Waals surface area contributed by atoms with Gasteiger partial charge in [-0.1, -0.05) is 59.9 Å². The Bertz CT molecular complexity index is 1740. The molecule has 7 nitrogen and oxygen atoms in total. The summed E-state index contributed by atoms with van der Waals surface area (Å²) in [5.41, 5.74) is 2.86. The molecule has 198 valence electrons. The van der Waals surface area contributed by atoms with Gasteiger partial charge in [-0.25, -0.2) is 9.79 Å². The molecule has 4 aromatic rings. The van der Waals surface area contributed by atoms with Crippen LogP contribution in [0.2, 0.25) is 0 Å². The van der Waals surface area contributed by atoms with Crippen LogP contribution in [0, 0.1) is 0 Å². The van der Waals surface area contributed by atoms with Crippen molar-refractivity contribution in [3.8, 4) is 11.5 Å². The summed E-state index contributed by atoms with van der Waals surface area (Å²) in [6.07, 6.45) is 1.81. The summed E-state index contributed by atoms with van der Waals surface area (Å²) in [5, 5.41) is 0. The number of carbonyl (C=O) groups excluding carboxylic acids is 1. The molecule has 0 saturated carbocycles. The number of nitrogens with zero attached hydrogens (tertiary/aromatic N) is 2. The van der Waals surface area contributed by atoms with Crippen molar-refractivity contribution in [2.45, 2.75) is 13.0 Å². The minimum absolute atomic E-state index is 0.191. The zero-order chi connectivity index (χ0) is 27.5. The van der Waals surface area contributed by atoms with E-state index in [4.69, 9.17) is 19.2 Å². The number of methoxy groups -OCH3 is 2. The third-order valence-electron chi connectivity index (χ3n) is 6.28. The molecule has 1 atom stereocenters. The highest BCUT2D eigenvalue weighted by atomic mass is 79.9. The molecular weight excluding hydrogens is 580 g/mol. The number of esters is 1. The largest absolute Gasteiger partial charge is 0.497 e. The molecule has 39 heavy (non-hydrogen) atoms. The van der Waals surface area contributed by atoms with E-state index in [1.807, 2.05) is 78.9 Å². The van der Waals surface area contributed by atoms with Crippen LogP contribution in [0.5, 0.6) is 11.5 Å². The van der Waals surface area contributed by atoms with Crippen LogP contribution in [0.3, 0.4) is 0 Å². The average Bonchev–Trinajstić information content (AvgIpc) is 3.27. The van der Waals surface area contributed by atoms with Crippen LogP contribution in [-0.4, -0.2) is 31.4 Å². The maximum absolute atomic E-state index is 13.9. The van der Waals surface area contributed by atoms with Gasteiger partial charge in [0.05, 0.1) is 47.1 Å². The number of halogens is 1. The predicted octanol–water partition coefficient (Wildman–Crippen LogP) is 4.72. The molecule has 0 spiro atoms. The lowest BCUT2D eigenvalue weighted by atomic mass is 9.93. The smallest absolute Gasteiger partial charge is 0.338 e. The molecule has 0 N–H and O–H groups in total. The number of ether oxygens (including phenoxy) is 3. The maximum Gasteiger partial charge on any atom is 0.338 e. The summed E-state index contributed by atoms with van der Waals surface area (Å²) in [4.78, 5) is 32.8. The van der Waals surface area contributed by atoms with Crippen LogP contribution in [0.1, 0.15) is 29.7 Å². The van der Waals surface area contributed by atoms with Gasteiger partial charge in [0.15, 0.2) is 4.80 Å². The van der Waals surface area contributed by atoms with E-state index in [2.05, 4.69) is 15.9 Å². The second-order valence-electron chi connectivity index (χ2n) is 8.60. The Morgan fingerprint density at radius 3 is 2.44 bits per heavy atom. The summed E-state index contributed by atoms with van der Waals surface area (Å²) >= 11 is 4.78. The van der Waals surface area contributed by atoms with Gasteiger partial charge in [0.2, 0.25) is 0 Å². The lowest BCUT2D eigenvalue weighted by Gasteiger charge is -2.26. The summed E-state index contributed by atoms with van der Waals surface area (Å²) in [7, 11) is 3.19. The fraction of sp³-hybridized carbons (Fsp3) is 0.167. The number of benzene rings is 3. The molecule has 2 heterocycles. The number of aromatic nitrogens is 1. The number of hydrogen-bond acceptors (Lipinski definition) is 7. The lowest BCUT2D eigenvalue weighted by Crippen LogP contribution is -2.40. The van der Waals surface area contributed by atoms with Crippen molar-refractivity contribution >= 4 is 45.0 Å². The minimum Gasteiger partial charge on any atom is -0.497 e. The van der Waals surface area contributed by atoms with Crippen LogP contribution in [0.25, 0.3) is 11.8 Å². The molecule has 0 fully saturated rings. The third kappa shape index (κ3) is 5.20. The fourth-order valence-electron chi connectivity index (χ4n) is 4.47. The molecule has 0 amide bonds. The topological polar surface area (TPSA) is 79.1 Å². The van der Waals surface area contributed by atoms with Gasteiger partial charge in [0.1, 0.15) is 11.5 Å². The van der Waals surface area contributed by atoms with Crippen LogP contribution in [0.15, 0.2) is 92.6 Å². The van der Waals surface area contributed by atoms with Crippen LogP contribution in [-0.2, 0) is 9.53 Å². The first kappa shape index (κ1) is 26.6. The second kappa shape index (κ2) is 11.4. The normalized spacial score (nSPS) is 15.0. The van der Waals surface area contributed by atoms with Crippen LogP contribution >= 0.6 is 27.3 Å². The van der Waals surface area contributed by atoms with Gasteiger partial charge in [-0.05, 0) is 64.3 Å². The molecule has 9 heteroatoms. The number of hydrogen-bond donors (Lipinski definition) is 0. The van der Waals surface area contributed by atoms with Gasteiger partial charge < -0.3 is 14.2 Å². The molecular formula is C30H25BrN2O5S. The Balaban J connectivity index is 1.79. The van der Waals surface area contributed by atoms with E-state index < -0.39 is 12.0 Å². The minimum atomic E-state index is -0.744. The standard InChI is InChI=1S/C30H25BrN2O5S/c1-4-38-29(35)25-26(19-8-6-5-7-9-19)32-30-33(27(25)20-11-13-21(36-2)14-12-20)28(34)24(39-30)17-18-10-15-23(37-3)22(31)16-18/h5-17,27H,4H2,1-3H3/b24-17-/t27-/m0/s1. The van der Waals surface area contributed by atoms with Crippen molar-refractivity contribution in [3.05, 3.63) is 119 Å². The van der Waals surface area contributed by atoms with Crippen molar-refractivity contribution < 1.29 is 19.0 Å². The van der Waals surface area contributed by atoms with E-state index in [0.29, 0.717) is 32.1 Å². The molecule has 0 radical (unpaired) electrons. The van der Waals surface area contributed by atoms with Crippen molar-refractivity contribution in [2.75, 3.05) is 20.8 Å². The van der Waals surface area contributed by atoms with Crippen LogP contribution < -0.4 is 24.4 Å². The Labute approximate surface area is 237 Å². The van der Waals surface area contributed by atoms with Crippen molar-refractivity contribution in [1.29, 1.82) is 0 Å². The molecule has 0 unspecified atom stereocenters. The molecule has 0 bridgehead atoms. The van der Waals surface area contributed by atoms with Gasteiger partial charge in [-0.3, -0.25) is 9.36 Å². The van der Waals surface area contributed by atoms with E-state index in [1.54, 1.807) is 25.7 Å². The van der Waals surface area contributed by atoms with E-state index in [1.165, 1.54) is 11.3 Å². The summed E-state index contributed by atoms with van der Waals surface area (Å²) in [6.45, 7) is 1.95. The van der Waals surface area contributed by atoms with E-state index in [-0.39, 0.29) is 12.2 Å². The van der Waals surface area contributed by atoms with Crippen molar-refractivity contribution in [1.82, 2.24) is 4.57 Å². The van der Waals surface area contributed by atoms with E-state index in [0.717, 1.165) is 21.2 Å². The first-order valence-electron chi connectivity index (χ1n) is 12.2. The molecule has 3 aromatic carbocycles. The monoisotopic (exact) mass is 604 g/mol. The molecule has 0 saturated heterocycles. The third-order valence-corrected chi connectivity index (χ3v) is 7.88. The highest BCUT2D eigenvalue weighted by Gasteiger charge is 2.35. The Hall–Kier alpha value is -3.95. The molecule has 0 aliphatic carbocycles. The Morgan fingerprint density at radius 1 is 1.05 bits per heavy atom. The van der Waals surface area contributed by atoms with Gasteiger partial charge >= 0.3 is 5.97 Å². The van der Waals surface area contributed by atoms with Crippen molar-refractivity contribution in [2.24, 2.45) is 4.99 Å². The van der Waals surface area contributed by atoms with Gasteiger partial charge in [-0.15, -0.1) is 0 Å². The average molecular weight is 606 g/mol. The Kier molecular flexibility index (Phi) is 7.81. The lowest BCUT2D eigenvalue weighted by molar-refractivity contribution is -0.138. The SMILES string of the molecule is CCOC(=O)C1=C(c2ccccc2)N=c2s/c(=C\c3ccc(OC)c(Br)c3)c(=O)n2[C@H]1c1ccc(OC)cc1. The van der Waals surface area contributed by atoms with Gasteiger partial charge in [0, 0.05) is 5.56 Å². The number of fused-ring (bicyclic) bond motifs is 1. The first-order valence-corrected chi connectivity index (χ1v) is 13.8. The Morgan fingerprint density at radius 2 is 1.79 bits per heavy atom. The fourth-order valence-corrected chi connectivity index (χ4v) is 6.03. The summed E-state index contributed by atoms with van der Waals surface area (Å²) in [5.74, 6) is 0.843. The maximum atomic E-state index is 13.9. The zero-order valence-corrected chi connectivity index (χ0v) is 23.9. The highest BCUT2D eigenvalue weighted by Crippen LogP contribution is 2.35. The van der Waals surface area contributed by atoms with E-state index in [9.17, 15) is 9.59 Å².